The van der Waals surface area contributed by atoms with Crippen LogP contribution >= 0.6 is 0 Å². The molecule has 2 nitrogen and oxygen atoms in total. The number of alkyl halides is 2. The van der Waals surface area contributed by atoms with Gasteiger partial charge in [-0.25, -0.2) is 0 Å². The number of benzene rings is 1. The maximum atomic E-state index is 14.3. The Kier molecular flexibility index (Phi) is 4.47. The van der Waals surface area contributed by atoms with E-state index in [-0.39, 0.29) is 17.6 Å². The van der Waals surface area contributed by atoms with Crippen LogP contribution in [0.3, 0.4) is 0 Å². The molecule has 0 aliphatic carbocycles. The third kappa shape index (κ3) is 4.39. The van der Waals surface area contributed by atoms with E-state index in [2.05, 4.69) is 26.1 Å². The summed E-state index contributed by atoms with van der Waals surface area (Å²) in [6.07, 6.45) is 1.70. The van der Waals surface area contributed by atoms with Crippen LogP contribution < -0.4 is 5.32 Å². The Hall–Kier alpha value is -1.68. The third-order valence-electron chi connectivity index (χ3n) is 3.29. The Morgan fingerprint density at radius 3 is 2.29 bits per heavy atom. The van der Waals surface area contributed by atoms with Crippen LogP contribution in [0.4, 0.5) is 8.78 Å². The summed E-state index contributed by atoms with van der Waals surface area (Å²) in [6.45, 7) is 6.39. The molecule has 2 aromatic rings. The van der Waals surface area contributed by atoms with Crippen LogP contribution in [-0.2, 0) is 19.0 Å². The van der Waals surface area contributed by atoms with Crippen LogP contribution in [0.15, 0.2) is 48.7 Å². The number of rotatable bonds is 5. The predicted molar refractivity (Wildman–Crippen MR) is 81.4 cm³/mol. The first-order valence-corrected chi connectivity index (χ1v) is 7.10. The fourth-order valence-corrected chi connectivity index (χ4v) is 2.11. The lowest BCUT2D eigenvalue weighted by Gasteiger charge is -2.23. The van der Waals surface area contributed by atoms with Crippen LogP contribution in [-0.4, -0.2) is 10.1 Å². The molecular weight excluding hydrogens is 270 g/mol. The van der Waals surface area contributed by atoms with Gasteiger partial charge in [0, 0.05) is 29.5 Å². The zero-order chi connectivity index (χ0) is 15.5. The van der Waals surface area contributed by atoms with Gasteiger partial charge in [0.15, 0.2) is 0 Å². The Bertz CT molecular complexity index is 568. The standard InChI is InChI=1S/C17H22F2N2/c1-16(2,3)20-12-15-10-7-11-21(15)13-17(18,19)14-8-5-4-6-9-14/h4-11,20H,12-13H2,1-3H3. The van der Waals surface area contributed by atoms with E-state index in [1.165, 1.54) is 12.1 Å². The monoisotopic (exact) mass is 292 g/mol. The van der Waals surface area contributed by atoms with E-state index in [0.29, 0.717) is 6.54 Å². The van der Waals surface area contributed by atoms with Gasteiger partial charge >= 0.3 is 0 Å². The Morgan fingerprint density at radius 2 is 1.67 bits per heavy atom. The minimum Gasteiger partial charge on any atom is -0.344 e. The number of aromatic nitrogens is 1. The van der Waals surface area contributed by atoms with Gasteiger partial charge in [-0.05, 0) is 32.9 Å². The molecule has 0 saturated heterocycles. The summed E-state index contributed by atoms with van der Waals surface area (Å²) >= 11 is 0. The summed E-state index contributed by atoms with van der Waals surface area (Å²) in [5.41, 5.74) is 0.866. The quantitative estimate of drug-likeness (QED) is 0.875. The van der Waals surface area contributed by atoms with E-state index in [0.717, 1.165) is 5.69 Å². The van der Waals surface area contributed by atoms with Gasteiger partial charge in [0.1, 0.15) is 0 Å². The Labute approximate surface area is 124 Å². The first kappa shape index (κ1) is 15.7. The molecule has 0 spiro atoms. The van der Waals surface area contributed by atoms with Crippen LogP contribution in [0.1, 0.15) is 32.0 Å². The molecule has 0 atom stereocenters. The van der Waals surface area contributed by atoms with Crippen LogP contribution in [0.25, 0.3) is 0 Å². The van der Waals surface area contributed by atoms with Gasteiger partial charge in [-0.2, -0.15) is 8.78 Å². The van der Waals surface area contributed by atoms with Crippen molar-refractivity contribution in [2.75, 3.05) is 0 Å². The van der Waals surface area contributed by atoms with E-state index < -0.39 is 5.92 Å². The molecule has 0 saturated carbocycles. The summed E-state index contributed by atoms with van der Waals surface area (Å²) in [5.74, 6) is -2.88. The minimum atomic E-state index is -2.88. The predicted octanol–water partition coefficient (Wildman–Crippen LogP) is 4.17. The average Bonchev–Trinajstić information content (AvgIpc) is 2.83. The first-order chi connectivity index (χ1) is 9.78. The highest BCUT2D eigenvalue weighted by Crippen LogP contribution is 2.30. The normalized spacial score (nSPS) is 12.6. The SMILES string of the molecule is CC(C)(C)NCc1cccn1CC(F)(F)c1ccccc1. The second-order valence-electron chi connectivity index (χ2n) is 6.30. The van der Waals surface area contributed by atoms with Gasteiger partial charge in [-0.1, -0.05) is 30.3 Å². The molecule has 0 aliphatic heterocycles. The van der Waals surface area contributed by atoms with E-state index in [9.17, 15) is 8.78 Å². The van der Waals surface area contributed by atoms with Crippen LogP contribution in [0.2, 0.25) is 0 Å². The lowest BCUT2D eigenvalue weighted by Crippen LogP contribution is -2.36. The largest absolute Gasteiger partial charge is 0.344 e. The summed E-state index contributed by atoms with van der Waals surface area (Å²) in [4.78, 5) is 0. The molecule has 1 N–H and O–H groups in total. The van der Waals surface area contributed by atoms with Crippen molar-refractivity contribution in [3.05, 3.63) is 59.9 Å². The highest BCUT2D eigenvalue weighted by Gasteiger charge is 2.32. The molecule has 0 amide bonds. The molecule has 1 aromatic carbocycles. The van der Waals surface area contributed by atoms with Gasteiger partial charge in [0.2, 0.25) is 0 Å². The van der Waals surface area contributed by atoms with E-state index >= 15 is 0 Å². The molecule has 0 fully saturated rings. The summed E-state index contributed by atoms with van der Waals surface area (Å²) in [5, 5.41) is 3.32. The fourth-order valence-electron chi connectivity index (χ4n) is 2.11. The highest BCUT2D eigenvalue weighted by molar-refractivity contribution is 5.20. The van der Waals surface area contributed by atoms with E-state index in [4.69, 9.17) is 0 Å². The molecule has 1 heterocycles. The molecule has 0 aliphatic rings. The molecule has 2 rings (SSSR count). The van der Waals surface area contributed by atoms with Gasteiger partial charge in [-0.3, -0.25) is 0 Å². The third-order valence-corrected chi connectivity index (χ3v) is 3.29. The van der Waals surface area contributed by atoms with E-state index in [1.54, 1.807) is 35.0 Å². The summed E-state index contributed by atoms with van der Waals surface area (Å²) in [6, 6.07) is 11.6. The highest BCUT2D eigenvalue weighted by atomic mass is 19.3. The lowest BCUT2D eigenvalue weighted by molar-refractivity contribution is -0.0228. The second-order valence-corrected chi connectivity index (χ2v) is 6.30. The zero-order valence-electron chi connectivity index (χ0n) is 12.7. The molecule has 0 radical (unpaired) electrons. The number of hydrogen-bond acceptors (Lipinski definition) is 1. The maximum absolute atomic E-state index is 14.3. The average molecular weight is 292 g/mol. The van der Waals surface area contributed by atoms with Gasteiger partial charge in [0.05, 0.1) is 6.54 Å². The van der Waals surface area contributed by atoms with Crippen molar-refractivity contribution in [1.82, 2.24) is 9.88 Å². The summed E-state index contributed by atoms with van der Waals surface area (Å²) in [7, 11) is 0. The molecule has 114 valence electrons. The van der Waals surface area contributed by atoms with Gasteiger partial charge in [0.25, 0.3) is 5.92 Å². The number of halogens is 2. The van der Waals surface area contributed by atoms with Crippen molar-refractivity contribution in [3.8, 4) is 0 Å². The molecule has 0 unspecified atom stereocenters. The fraction of sp³-hybridized carbons (Fsp3) is 0.412. The Morgan fingerprint density at radius 1 is 1.00 bits per heavy atom. The first-order valence-electron chi connectivity index (χ1n) is 7.10. The zero-order valence-corrected chi connectivity index (χ0v) is 12.7. The molecule has 1 aromatic heterocycles. The lowest BCUT2D eigenvalue weighted by atomic mass is 10.1. The van der Waals surface area contributed by atoms with Crippen molar-refractivity contribution < 1.29 is 8.78 Å². The van der Waals surface area contributed by atoms with Crippen molar-refractivity contribution in [3.63, 3.8) is 0 Å². The summed E-state index contributed by atoms with van der Waals surface area (Å²) < 4.78 is 30.3. The maximum Gasteiger partial charge on any atom is 0.290 e. The molecular formula is C17H22F2N2. The number of nitrogens with one attached hydrogen (secondary N) is 1. The smallest absolute Gasteiger partial charge is 0.290 e. The van der Waals surface area contributed by atoms with Crippen molar-refractivity contribution >= 4 is 0 Å². The van der Waals surface area contributed by atoms with Gasteiger partial charge in [-0.15, -0.1) is 0 Å². The number of nitrogens with zero attached hydrogens (tertiary/aromatic N) is 1. The minimum absolute atomic E-state index is 0.0446. The van der Waals surface area contributed by atoms with Crippen molar-refractivity contribution in [1.29, 1.82) is 0 Å². The Balaban J connectivity index is 2.11. The second kappa shape index (κ2) is 5.98. The topological polar surface area (TPSA) is 17.0 Å². The molecule has 21 heavy (non-hydrogen) atoms. The van der Waals surface area contributed by atoms with Gasteiger partial charge < -0.3 is 9.88 Å². The molecule has 0 bridgehead atoms. The van der Waals surface area contributed by atoms with E-state index in [1.807, 2.05) is 6.07 Å². The van der Waals surface area contributed by atoms with Crippen LogP contribution in [0.5, 0.6) is 0 Å². The molecule has 4 heteroatoms. The number of hydrogen-bond donors (Lipinski definition) is 1. The van der Waals surface area contributed by atoms with Crippen molar-refractivity contribution in [2.45, 2.75) is 45.3 Å². The van der Waals surface area contributed by atoms with Crippen molar-refractivity contribution in [2.24, 2.45) is 0 Å². The van der Waals surface area contributed by atoms with Crippen LogP contribution in [0, 0.1) is 0 Å².